The van der Waals surface area contributed by atoms with Gasteiger partial charge in [0, 0.05) is 10.4 Å². The summed E-state index contributed by atoms with van der Waals surface area (Å²) in [6.07, 6.45) is 3.38. The minimum atomic E-state index is -0.0804. The Kier molecular flexibility index (Phi) is 4.99. The minimum Gasteiger partial charge on any atom is -0.419 e. The maximum atomic E-state index is 6.36. The lowest BCUT2D eigenvalue weighted by atomic mass is 9.89. The van der Waals surface area contributed by atoms with Crippen molar-refractivity contribution in [1.29, 1.82) is 0 Å². The highest BCUT2D eigenvalue weighted by atomic mass is 32.2. The Balaban J connectivity index is 1.40. The van der Waals surface area contributed by atoms with Gasteiger partial charge < -0.3 is 10.2 Å². The maximum absolute atomic E-state index is 6.36. The van der Waals surface area contributed by atoms with E-state index >= 15 is 0 Å². The van der Waals surface area contributed by atoms with Crippen molar-refractivity contribution < 1.29 is 4.42 Å². The van der Waals surface area contributed by atoms with E-state index in [0.29, 0.717) is 28.7 Å². The lowest BCUT2D eigenvalue weighted by Crippen LogP contribution is -2.09. The van der Waals surface area contributed by atoms with Gasteiger partial charge in [0.25, 0.3) is 0 Å². The van der Waals surface area contributed by atoms with Crippen LogP contribution in [0.5, 0.6) is 0 Å². The van der Waals surface area contributed by atoms with Crippen LogP contribution in [0.2, 0.25) is 0 Å². The van der Waals surface area contributed by atoms with Gasteiger partial charge in [-0.25, -0.2) is 9.97 Å². The number of aryl methyl sites for hydroxylation is 2. The smallest absolute Gasteiger partial charge is 0.247 e. The molecule has 0 spiro atoms. The third-order valence-corrected chi connectivity index (χ3v) is 7.63. The van der Waals surface area contributed by atoms with Crippen LogP contribution >= 0.6 is 23.1 Å². The van der Waals surface area contributed by atoms with E-state index in [1.165, 1.54) is 34.2 Å². The van der Waals surface area contributed by atoms with E-state index in [0.717, 1.165) is 28.6 Å². The molecule has 2 N–H and O–H groups in total. The monoisotopic (exact) mass is 437 g/mol. The molecular formula is C22H23N5OS2. The normalized spacial score (nSPS) is 17.2. The lowest BCUT2D eigenvalue weighted by molar-refractivity contribution is 0.509. The van der Waals surface area contributed by atoms with Crippen LogP contribution in [0.3, 0.4) is 0 Å². The summed E-state index contributed by atoms with van der Waals surface area (Å²) in [6.45, 7) is 6.37. The second-order valence-electron chi connectivity index (χ2n) is 7.99. The summed E-state index contributed by atoms with van der Waals surface area (Å²) >= 11 is 3.25. The van der Waals surface area contributed by atoms with E-state index in [1.54, 1.807) is 11.3 Å². The number of anilines is 1. The molecule has 0 fully saturated rings. The van der Waals surface area contributed by atoms with Gasteiger partial charge >= 0.3 is 0 Å². The van der Waals surface area contributed by atoms with Crippen LogP contribution in [0.25, 0.3) is 21.7 Å². The van der Waals surface area contributed by atoms with E-state index < -0.39 is 0 Å². The number of hydrogen-bond acceptors (Lipinski definition) is 8. The van der Waals surface area contributed by atoms with Crippen LogP contribution in [0, 0.1) is 12.8 Å². The molecule has 1 aromatic carbocycles. The van der Waals surface area contributed by atoms with Gasteiger partial charge in [0.15, 0.2) is 5.16 Å². The zero-order valence-electron chi connectivity index (χ0n) is 17.2. The molecule has 0 radical (unpaired) electrons. The zero-order chi connectivity index (χ0) is 20.8. The van der Waals surface area contributed by atoms with Crippen LogP contribution in [-0.4, -0.2) is 20.2 Å². The molecule has 1 aliphatic carbocycles. The Morgan fingerprint density at radius 3 is 2.80 bits per heavy atom. The van der Waals surface area contributed by atoms with Gasteiger partial charge in [-0.05, 0) is 56.7 Å². The van der Waals surface area contributed by atoms with Crippen LogP contribution in [0.1, 0.15) is 47.4 Å². The first-order chi connectivity index (χ1) is 14.5. The van der Waals surface area contributed by atoms with Crippen molar-refractivity contribution in [3.8, 4) is 11.5 Å². The van der Waals surface area contributed by atoms with Crippen LogP contribution in [0.15, 0.2) is 33.8 Å². The average Bonchev–Trinajstić information content (AvgIpc) is 3.33. The summed E-state index contributed by atoms with van der Waals surface area (Å²) in [7, 11) is 0. The summed E-state index contributed by atoms with van der Waals surface area (Å²) in [5.41, 5.74) is 9.82. The SMILES string of the molecule is Cc1ccc(-c2nnc(C(C)Sc3nc(N)c4c5c(sc4n3)CC(C)CC5)o2)cc1. The van der Waals surface area contributed by atoms with Crippen molar-refractivity contribution in [3.05, 3.63) is 46.2 Å². The predicted octanol–water partition coefficient (Wildman–Crippen LogP) is 5.61. The first-order valence-electron chi connectivity index (χ1n) is 10.1. The molecule has 0 saturated carbocycles. The van der Waals surface area contributed by atoms with Crippen molar-refractivity contribution >= 4 is 39.1 Å². The molecular weight excluding hydrogens is 414 g/mol. The number of nitrogens with two attached hydrogens (primary N) is 1. The second-order valence-corrected chi connectivity index (χ2v) is 10.4. The highest BCUT2D eigenvalue weighted by Crippen LogP contribution is 2.41. The van der Waals surface area contributed by atoms with Crippen LogP contribution < -0.4 is 5.73 Å². The quantitative estimate of drug-likeness (QED) is 0.328. The fraction of sp³-hybridized carbons (Fsp3) is 0.364. The molecule has 6 nitrogen and oxygen atoms in total. The van der Waals surface area contributed by atoms with E-state index in [9.17, 15) is 0 Å². The molecule has 3 heterocycles. The number of fused-ring (bicyclic) bond motifs is 3. The number of nitrogens with zero attached hydrogens (tertiary/aromatic N) is 4. The topological polar surface area (TPSA) is 90.7 Å². The lowest BCUT2D eigenvalue weighted by Gasteiger charge is -2.17. The van der Waals surface area contributed by atoms with E-state index in [1.807, 2.05) is 31.2 Å². The molecule has 1 aliphatic rings. The molecule has 154 valence electrons. The summed E-state index contributed by atoms with van der Waals surface area (Å²) in [5.74, 6) is 2.37. The van der Waals surface area contributed by atoms with Gasteiger partial charge in [0.2, 0.25) is 11.8 Å². The van der Waals surface area contributed by atoms with Gasteiger partial charge in [0.05, 0.1) is 10.6 Å². The molecule has 5 rings (SSSR count). The molecule has 0 aliphatic heterocycles. The number of rotatable bonds is 4. The van der Waals surface area contributed by atoms with Crippen LogP contribution in [-0.2, 0) is 12.8 Å². The molecule has 0 saturated heterocycles. The van der Waals surface area contributed by atoms with Gasteiger partial charge in [-0.15, -0.1) is 21.5 Å². The maximum Gasteiger partial charge on any atom is 0.247 e. The molecule has 3 aromatic heterocycles. The van der Waals surface area contributed by atoms with E-state index in [2.05, 4.69) is 29.0 Å². The Hall–Kier alpha value is -2.45. The Labute approximate surface area is 183 Å². The summed E-state index contributed by atoms with van der Waals surface area (Å²) in [4.78, 5) is 11.8. The first-order valence-corrected chi connectivity index (χ1v) is 11.8. The first kappa shape index (κ1) is 19.5. The summed E-state index contributed by atoms with van der Waals surface area (Å²) in [6, 6.07) is 8.04. The van der Waals surface area contributed by atoms with Crippen molar-refractivity contribution in [1.82, 2.24) is 20.2 Å². The Morgan fingerprint density at radius 2 is 2.00 bits per heavy atom. The molecule has 30 heavy (non-hydrogen) atoms. The van der Waals surface area contributed by atoms with Crippen molar-refractivity contribution in [2.24, 2.45) is 5.92 Å². The molecule has 2 atom stereocenters. The molecule has 2 unspecified atom stereocenters. The van der Waals surface area contributed by atoms with Gasteiger partial charge in [-0.3, -0.25) is 0 Å². The number of benzene rings is 1. The third kappa shape index (κ3) is 3.58. The highest BCUT2D eigenvalue weighted by molar-refractivity contribution is 7.99. The van der Waals surface area contributed by atoms with Crippen molar-refractivity contribution in [2.75, 3.05) is 5.73 Å². The molecule has 8 heteroatoms. The zero-order valence-corrected chi connectivity index (χ0v) is 18.8. The number of thiophene rings is 1. The molecule has 0 amide bonds. The fourth-order valence-electron chi connectivity index (χ4n) is 3.82. The number of aromatic nitrogens is 4. The number of thioether (sulfide) groups is 1. The summed E-state index contributed by atoms with van der Waals surface area (Å²) < 4.78 is 5.91. The average molecular weight is 438 g/mol. The van der Waals surface area contributed by atoms with E-state index in [4.69, 9.17) is 15.1 Å². The highest BCUT2D eigenvalue weighted by Gasteiger charge is 2.24. The number of hydrogen-bond donors (Lipinski definition) is 1. The Morgan fingerprint density at radius 1 is 1.20 bits per heavy atom. The number of nitrogen functional groups attached to an aromatic ring is 1. The minimum absolute atomic E-state index is 0.0804. The fourth-order valence-corrected chi connectivity index (χ4v) is 6.08. The van der Waals surface area contributed by atoms with Gasteiger partial charge in [-0.1, -0.05) is 36.4 Å². The van der Waals surface area contributed by atoms with E-state index in [-0.39, 0.29) is 5.25 Å². The standard InChI is InChI=1S/C22H23N5OS2/c1-11-4-7-14(8-5-11)20-27-26-19(28-20)13(3)29-22-24-18(23)17-15-9-6-12(2)10-16(15)30-21(17)25-22/h4-5,7-8,12-13H,6,9-10H2,1-3H3,(H2,23,24,25). The van der Waals surface area contributed by atoms with Gasteiger partial charge in [-0.2, -0.15) is 0 Å². The van der Waals surface area contributed by atoms with Crippen LogP contribution in [0.4, 0.5) is 5.82 Å². The van der Waals surface area contributed by atoms with Crippen molar-refractivity contribution in [2.45, 2.75) is 50.4 Å². The largest absolute Gasteiger partial charge is 0.419 e. The third-order valence-electron chi connectivity index (χ3n) is 5.53. The molecule has 4 aromatic rings. The predicted molar refractivity (Wildman–Crippen MR) is 122 cm³/mol. The molecule has 0 bridgehead atoms. The van der Waals surface area contributed by atoms with Crippen molar-refractivity contribution in [3.63, 3.8) is 0 Å². The Bertz CT molecular complexity index is 1210. The summed E-state index contributed by atoms with van der Waals surface area (Å²) in [5, 5.41) is 10.1. The second kappa shape index (κ2) is 7.67. The van der Waals surface area contributed by atoms with Gasteiger partial charge in [0.1, 0.15) is 10.6 Å².